The van der Waals surface area contributed by atoms with Crippen LogP contribution in [-0.2, 0) is 0 Å². The van der Waals surface area contributed by atoms with Gasteiger partial charge < -0.3 is 5.32 Å². The lowest BCUT2D eigenvalue weighted by molar-refractivity contribution is -0.383. The number of benzene rings is 1. The van der Waals surface area contributed by atoms with E-state index >= 15 is 0 Å². The van der Waals surface area contributed by atoms with Gasteiger partial charge in [-0.25, -0.2) is 0 Å². The summed E-state index contributed by atoms with van der Waals surface area (Å²) >= 11 is 5.84. The van der Waals surface area contributed by atoms with Gasteiger partial charge in [-0.2, -0.15) is 0 Å². The minimum atomic E-state index is -0.429. The molecule has 1 aromatic carbocycles. The van der Waals surface area contributed by atoms with E-state index in [4.69, 9.17) is 11.6 Å². The van der Waals surface area contributed by atoms with E-state index in [1.807, 2.05) is 0 Å². The van der Waals surface area contributed by atoms with Crippen LogP contribution in [0.15, 0.2) is 18.2 Å². The maximum Gasteiger partial charge on any atom is 0.310 e. The Bertz CT molecular complexity index is 437. The first kappa shape index (κ1) is 12.2. The molecule has 2 atom stereocenters. The summed E-state index contributed by atoms with van der Waals surface area (Å²) in [6.45, 7) is 2.15. The van der Waals surface area contributed by atoms with E-state index < -0.39 is 4.92 Å². The van der Waals surface area contributed by atoms with Crippen molar-refractivity contribution in [3.8, 4) is 0 Å². The molecule has 1 aromatic rings. The molecule has 0 spiro atoms. The van der Waals surface area contributed by atoms with E-state index in [1.54, 1.807) is 18.2 Å². The molecule has 0 amide bonds. The van der Waals surface area contributed by atoms with E-state index in [2.05, 4.69) is 12.2 Å². The third-order valence-corrected chi connectivity index (χ3v) is 3.40. The second kappa shape index (κ2) is 4.92. The number of para-hydroxylation sites is 1. The minimum Gasteiger partial charge on any atom is -0.376 e. The molecule has 0 aromatic heterocycles. The van der Waals surface area contributed by atoms with Gasteiger partial charge in [-0.15, -0.1) is 0 Å². The van der Waals surface area contributed by atoms with Crippen molar-refractivity contribution in [3.63, 3.8) is 0 Å². The van der Waals surface area contributed by atoms with Crippen LogP contribution >= 0.6 is 11.6 Å². The van der Waals surface area contributed by atoms with Crippen molar-refractivity contribution < 1.29 is 4.92 Å². The SMILES string of the molecule is CCCC1CC1Nc1cccc(Cl)c1[N+](=O)[O-]. The lowest BCUT2D eigenvalue weighted by Crippen LogP contribution is -2.07. The van der Waals surface area contributed by atoms with Gasteiger partial charge in [0.25, 0.3) is 0 Å². The van der Waals surface area contributed by atoms with Crippen LogP contribution in [0.25, 0.3) is 0 Å². The van der Waals surface area contributed by atoms with Crippen molar-refractivity contribution in [1.82, 2.24) is 0 Å². The Morgan fingerprint density at radius 3 is 3.00 bits per heavy atom. The topological polar surface area (TPSA) is 55.2 Å². The molecule has 0 saturated heterocycles. The largest absolute Gasteiger partial charge is 0.376 e. The summed E-state index contributed by atoms with van der Waals surface area (Å²) in [5, 5.41) is 14.3. The van der Waals surface area contributed by atoms with Crippen LogP contribution < -0.4 is 5.32 Å². The van der Waals surface area contributed by atoms with Gasteiger partial charge in [-0.1, -0.05) is 31.0 Å². The van der Waals surface area contributed by atoms with Crippen LogP contribution in [0.3, 0.4) is 0 Å². The number of hydrogen-bond donors (Lipinski definition) is 1. The van der Waals surface area contributed by atoms with Crippen molar-refractivity contribution in [2.75, 3.05) is 5.32 Å². The van der Waals surface area contributed by atoms with Gasteiger partial charge in [-0.3, -0.25) is 10.1 Å². The summed E-state index contributed by atoms with van der Waals surface area (Å²) in [6.07, 6.45) is 3.42. The predicted octanol–water partition coefficient (Wildman–Crippen LogP) is 3.85. The smallest absolute Gasteiger partial charge is 0.310 e. The molecule has 0 bridgehead atoms. The Kier molecular flexibility index (Phi) is 3.52. The van der Waals surface area contributed by atoms with Gasteiger partial charge in [0.15, 0.2) is 0 Å². The van der Waals surface area contributed by atoms with Crippen LogP contribution in [0.1, 0.15) is 26.2 Å². The zero-order valence-electron chi connectivity index (χ0n) is 9.65. The quantitative estimate of drug-likeness (QED) is 0.641. The molecule has 1 aliphatic rings. The molecule has 17 heavy (non-hydrogen) atoms. The summed E-state index contributed by atoms with van der Waals surface area (Å²) in [5.74, 6) is 0.651. The van der Waals surface area contributed by atoms with E-state index in [-0.39, 0.29) is 10.7 Å². The molecule has 1 saturated carbocycles. The second-order valence-corrected chi connectivity index (χ2v) is 4.84. The number of nitro benzene ring substituents is 1. The molecular formula is C12H15ClN2O2. The maximum absolute atomic E-state index is 10.9. The van der Waals surface area contributed by atoms with E-state index in [0.717, 1.165) is 12.8 Å². The maximum atomic E-state index is 10.9. The molecule has 0 radical (unpaired) electrons. The number of rotatable bonds is 5. The lowest BCUT2D eigenvalue weighted by Gasteiger charge is -2.07. The summed E-state index contributed by atoms with van der Waals surface area (Å²) in [5.41, 5.74) is 0.516. The lowest BCUT2D eigenvalue weighted by atomic mass is 10.2. The first-order valence-electron chi connectivity index (χ1n) is 5.83. The third-order valence-electron chi connectivity index (χ3n) is 3.09. The fourth-order valence-corrected chi connectivity index (χ4v) is 2.37. The first-order valence-corrected chi connectivity index (χ1v) is 6.20. The molecule has 2 unspecified atom stereocenters. The van der Waals surface area contributed by atoms with Crippen LogP contribution in [-0.4, -0.2) is 11.0 Å². The average Bonchev–Trinajstić information content (AvgIpc) is 2.96. The molecule has 1 aliphatic carbocycles. The minimum absolute atomic E-state index is 0.0173. The fourth-order valence-electron chi connectivity index (χ4n) is 2.13. The molecule has 0 heterocycles. The van der Waals surface area contributed by atoms with Gasteiger partial charge in [0, 0.05) is 6.04 Å². The Balaban J connectivity index is 2.11. The van der Waals surface area contributed by atoms with Gasteiger partial charge in [0.05, 0.1) is 4.92 Å². The van der Waals surface area contributed by atoms with Crippen molar-refractivity contribution in [2.24, 2.45) is 5.92 Å². The molecule has 5 heteroatoms. The van der Waals surface area contributed by atoms with Gasteiger partial charge in [-0.05, 0) is 30.9 Å². The summed E-state index contributed by atoms with van der Waals surface area (Å²) in [4.78, 5) is 10.5. The van der Waals surface area contributed by atoms with Crippen molar-refractivity contribution in [3.05, 3.63) is 33.3 Å². The van der Waals surface area contributed by atoms with Gasteiger partial charge >= 0.3 is 5.69 Å². The molecule has 2 rings (SSSR count). The molecule has 1 fully saturated rings. The Morgan fingerprint density at radius 2 is 2.35 bits per heavy atom. The normalized spacial score (nSPS) is 22.2. The number of halogens is 1. The van der Waals surface area contributed by atoms with E-state index in [9.17, 15) is 10.1 Å². The average molecular weight is 255 g/mol. The molecular weight excluding hydrogens is 240 g/mol. The highest BCUT2D eigenvalue weighted by atomic mass is 35.5. The summed E-state index contributed by atoms with van der Waals surface area (Å²) < 4.78 is 0. The van der Waals surface area contributed by atoms with Crippen LogP contribution in [0.4, 0.5) is 11.4 Å². The zero-order chi connectivity index (χ0) is 12.4. The molecule has 1 N–H and O–H groups in total. The van der Waals surface area contributed by atoms with Crippen molar-refractivity contribution in [1.29, 1.82) is 0 Å². The highest BCUT2D eigenvalue weighted by Crippen LogP contribution is 2.40. The van der Waals surface area contributed by atoms with E-state index in [0.29, 0.717) is 17.6 Å². The summed E-state index contributed by atoms with van der Waals surface area (Å²) in [7, 11) is 0. The first-order chi connectivity index (χ1) is 8.13. The van der Waals surface area contributed by atoms with Gasteiger partial charge in [0.2, 0.25) is 0 Å². The number of nitrogens with zero attached hydrogens (tertiary/aromatic N) is 1. The van der Waals surface area contributed by atoms with Crippen LogP contribution in [0.2, 0.25) is 5.02 Å². The monoisotopic (exact) mass is 254 g/mol. The second-order valence-electron chi connectivity index (χ2n) is 4.43. The predicted molar refractivity (Wildman–Crippen MR) is 68.5 cm³/mol. The number of hydrogen-bond acceptors (Lipinski definition) is 3. The molecule has 92 valence electrons. The van der Waals surface area contributed by atoms with Crippen LogP contribution in [0.5, 0.6) is 0 Å². The number of nitrogens with one attached hydrogen (secondary N) is 1. The van der Waals surface area contributed by atoms with Gasteiger partial charge in [0.1, 0.15) is 10.7 Å². The highest BCUT2D eigenvalue weighted by Gasteiger charge is 2.37. The fraction of sp³-hybridized carbons (Fsp3) is 0.500. The Hall–Kier alpha value is -1.29. The van der Waals surface area contributed by atoms with Crippen molar-refractivity contribution in [2.45, 2.75) is 32.2 Å². The highest BCUT2D eigenvalue weighted by molar-refractivity contribution is 6.33. The molecule has 4 nitrogen and oxygen atoms in total. The Labute approximate surface area is 105 Å². The number of nitro groups is 1. The Morgan fingerprint density at radius 1 is 1.59 bits per heavy atom. The zero-order valence-corrected chi connectivity index (χ0v) is 10.4. The standard InChI is InChI=1S/C12H15ClN2O2/c1-2-4-8-7-11(8)14-10-6-3-5-9(13)12(10)15(16)17/h3,5-6,8,11,14H,2,4,7H2,1H3. The third kappa shape index (κ3) is 2.69. The molecule has 0 aliphatic heterocycles. The summed E-state index contributed by atoms with van der Waals surface area (Å²) in [6, 6.07) is 5.36. The van der Waals surface area contributed by atoms with Crippen LogP contribution in [0, 0.1) is 16.0 Å². The van der Waals surface area contributed by atoms with E-state index in [1.165, 1.54) is 6.42 Å². The number of anilines is 1. The van der Waals surface area contributed by atoms with Crippen molar-refractivity contribution >= 4 is 23.0 Å².